The van der Waals surface area contributed by atoms with E-state index in [1.165, 1.54) is 54.8 Å². The molecule has 53 heavy (non-hydrogen) atoms. The summed E-state index contributed by atoms with van der Waals surface area (Å²) < 4.78 is 8.79. The largest absolute Gasteiger partial charge is 0.456 e. The van der Waals surface area contributed by atoms with Gasteiger partial charge in [-0.15, -0.1) is 0 Å². The van der Waals surface area contributed by atoms with Crippen LogP contribution in [0.5, 0.6) is 0 Å². The average Bonchev–Trinajstić information content (AvgIpc) is 3.83. The van der Waals surface area contributed by atoms with E-state index in [0.29, 0.717) is 5.82 Å². The highest BCUT2D eigenvalue weighted by Gasteiger charge is 2.40. The Morgan fingerprint density at radius 2 is 1.06 bits per heavy atom. The Morgan fingerprint density at radius 1 is 0.472 bits per heavy atom. The summed E-state index contributed by atoms with van der Waals surface area (Å²) in [5.74, 6) is 0.703. The number of hydrogen-bond acceptors (Lipinski definition) is 3. The van der Waals surface area contributed by atoms with E-state index < -0.39 is 0 Å². The minimum Gasteiger partial charge on any atom is -0.456 e. The maximum absolute atomic E-state index is 6.38. The third-order valence-electron chi connectivity index (χ3n) is 11.2. The van der Waals surface area contributed by atoms with Crippen LogP contribution in [0.25, 0.3) is 94.5 Å². The molecular formula is C49H33N3O. The fraction of sp³-hybridized carbons (Fsp3) is 0.0612. The van der Waals surface area contributed by atoms with Crippen LogP contribution in [0.15, 0.2) is 168 Å². The lowest BCUT2D eigenvalue weighted by molar-refractivity contribution is 0.660. The molecule has 0 atom stereocenters. The number of fused-ring (bicyclic) bond motifs is 11. The second kappa shape index (κ2) is 11.1. The molecule has 0 amide bonds. The molecule has 7 aromatic carbocycles. The van der Waals surface area contributed by atoms with Crippen molar-refractivity contribution in [2.45, 2.75) is 19.3 Å². The molecule has 0 spiro atoms. The van der Waals surface area contributed by atoms with Gasteiger partial charge >= 0.3 is 0 Å². The quantitative estimate of drug-likeness (QED) is 0.186. The third-order valence-corrected chi connectivity index (χ3v) is 11.2. The molecule has 10 aromatic rings. The lowest BCUT2D eigenvalue weighted by Crippen LogP contribution is -2.16. The van der Waals surface area contributed by atoms with Crippen LogP contribution in [0, 0.1) is 0 Å². The number of hydrogen-bond donors (Lipinski definition) is 0. The minimum absolute atomic E-state index is 0.257. The smallest absolute Gasteiger partial charge is 0.160 e. The number of rotatable bonds is 4. The summed E-state index contributed by atoms with van der Waals surface area (Å²) in [6, 6.07) is 57.8. The van der Waals surface area contributed by atoms with Crippen LogP contribution in [0.1, 0.15) is 25.0 Å². The molecule has 0 radical (unpaired) electrons. The molecule has 1 aliphatic carbocycles. The van der Waals surface area contributed by atoms with Gasteiger partial charge in [-0.2, -0.15) is 0 Å². The van der Waals surface area contributed by atoms with Crippen molar-refractivity contribution >= 4 is 43.7 Å². The van der Waals surface area contributed by atoms with Crippen molar-refractivity contribution in [1.29, 1.82) is 0 Å². The van der Waals surface area contributed by atoms with Gasteiger partial charge in [0.15, 0.2) is 5.82 Å². The zero-order valence-corrected chi connectivity index (χ0v) is 29.3. The lowest BCUT2D eigenvalue weighted by atomic mass is 9.79. The maximum Gasteiger partial charge on any atom is 0.160 e. The van der Waals surface area contributed by atoms with Gasteiger partial charge in [0.1, 0.15) is 11.2 Å². The van der Waals surface area contributed by atoms with E-state index in [1.807, 2.05) is 18.2 Å². The van der Waals surface area contributed by atoms with Crippen LogP contribution in [-0.2, 0) is 5.41 Å². The van der Waals surface area contributed by atoms with Gasteiger partial charge in [0.05, 0.1) is 22.4 Å². The fourth-order valence-electron chi connectivity index (χ4n) is 8.88. The van der Waals surface area contributed by atoms with E-state index >= 15 is 0 Å². The van der Waals surface area contributed by atoms with E-state index in [1.54, 1.807) is 0 Å². The normalized spacial score (nSPS) is 13.2. The van der Waals surface area contributed by atoms with Crippen molar-refractivity contribution in [1.82, 2.24) is 14.5 Å². The molecule has 3 heterocycles. The predicted molar refractivity (Wildman–Crippen MR) is 218 cm³/mol. The summed E-state index contributed by atoms with van der Waals surface area (Å²) in [7, 11) is 0. The molecule has 0 saturated carbocycles. The monoisotopic (exact) mass is 679 g/mol. The highest BCUT2D eigenvalue weighted by Crippen LogP contribution is 2.56. The Labute approximate surface area is 306 Å². The van der Waals surface area contributed by atoms with Crippen molar-refractivity contribution in [3.05, 3.63) is 175 Å². The molecular weight excluding hydrogens is 647 g/mol. The van der Waals surface area contributed by atoms with Crippen molar-refractivity contribution in [2.24, 2.45) is 0 Å². The van der Waals surface area contributed by atoms with E-state index in [4.69, 9.17) is 14.4 Å². The Bertz CT molecular complexity index is 3000. The fourth-order valence-corrected chi connectivity index (χ4v) is 8.88. The molecule has 1 aliphatic rings. The topological polar surface area (TPSA) is 43.9 Å². The molecule has 3 aromatic heterocycles. The van der Waals surface area contributed by atoms with Gasteiger partial charge in [-0.05, 0) is 76.9 Å². The Kier molecular flexibility index (Phi) is 6.27. The van der Waals surface area contributed by atoms with Crippen LogP contribution in [0.4, 0.5) is 0 Å². The van der Waals surface area contributed by atoms with Crippen LogP contribution in [0.3, 0.4) is 0 Å². The van der Waals surface area contributed by atoms with E-state index in [9.17, 15) is 0 Å². The zero-order chi connectivity index (χ0) is 35.3. The van der Waals surface area contributed by atoms with E-state index in [2.05, 4.69) is 164 Å². The molecule has 250 valence electrons. The average molecular weight is 680 g/mol. The summed E-state index contributed by atoms with van der Waals surface area (Å²) in [6.45, 7) is 4.76. The highest BCUT2D eigenvalue weighted by molar-refractivity contribution is 6.17. The number of para-hydroxylation sites is 2. The minimum atomic E-state index is -0.257. The van der Waals surface area contributed by atoms with E-state index in [0.717, 1.165) is 44.9 Å². The molecule has 4 nitrogen and oxygen atoms in total. The maximum atomic E-state index is 6.38. The predicted octanol–water partition coefficient (Wildman–Crippen LogP) is 12.8. The van der Waals surface area contributed by atoms with Crippen LogP contribution >= 0.6 is 0 Å². The molecule has 0 saturated heterocycles. The van der Waals surface area contributed by atoms with Crippen molar-refractivity contribution in [2.75, 3.05) is 0 Å². The first-order valence-electron chi connectivity index (χ1n) is 18.2. The number of nitrogens with zero attached hydrogens (tertiary/aromatic N) is 3. The highest BCUT2D eigenvalue weighted by atomic mass is 16.3. The van der Waals surface area contributed by atoms with Gasteiger partial charge in [-0.25, -0.2) is 9.97 Å². The van der Waals surface area contributed by atoms with Crippen LogP contribution in [0.2, 0.25) is 0 Å². The van der Waals surface area contributed by atoms with Gasteiger partial charge in [-0.1, -0.05) is 123 Å². The first-order chi connectivity index (χ1) is 26.0. The molecule has 0 fully saturated rings. The molecule has 0 N–H and O–H groups in total. The lowest BCUT2D eigenvalue weighted by Gasteiger charge is -2.23. The summed E-state index contributed by atoms with van der Waals surface area (Å²) in [5.41, 5.74) is 15.3. The summed E-state index contributed by atoms with van der Waals surface area (Å²) in [5, 5.41) is 4.95. The second-order valence-corrected chi connectivity index (χ2v) is 14.6. The Balaban J connectivity index is 1.08. The van der Waals surface area contributed by atoms with Gasteiger partial charge in [0.25, 0.3) is 0 Å². The zero-order valence-electron chi connectivity index (χ0n) is 29.3. The second-order valence-electron chi connectivity index (χ2n) is 14.6. The van der Waals surface area contributed by atoms with Gasteiger partial charge in [-0.3, -0.25) is 0 Å². The summed E-state index contributed by atoms with van der Waals surface area (Å²) in [6.07, 6.45) is 0. The molecule has 11 rings (SSSR count). The summed E-state index contributed by atoms with van der Waals surface area (Å²) >= 11 is 0. The van der Waals surface area contributed by atoms with Crippen molar-refractivity contribution < 1.29 is 4.42 Å². The standard InChI is InChI=1S/C49H33N3O/c1-49(2)46-34(35-26-28-43-45(47(35)49)37-18-10-12-20-42(37)53-43)25-27-41-44(46)36-17-9-11-19-40(36)52(41)33-23-21-32(22-24-33)48-50-38(30-13-5-3-6-14-30)29-39(51-48)31-15-7-4-8-16-31/h3-29H,1-2H3. The molecule has 4 heteroatoms. The number of benzene rings is 7. The molecule has 0 aliphatic heterocycles. The van der Waals surface area contributed by atoms with Crippen molar-refractivity contribution in [3.8, 4) is 50.7 Å². The van der Waals surface area contributed by atoms with Crippen LogP contribution in [-0.4, -0.2) is 14.5 Å². The third kappa shape index (κ3) is 4.36. The Hall–Kier alpha value is -6.78. The van der Waals surface area contributed by atoms with Crippen LogP contribution < -0.4 is 0 Å². The number of aromatic nitrogens is 3. The number of furan rings is 1. The molecule has 0 bridgehead atoms. The molecule has 0 unspecified atom stereocenters. The van der Waals surface area contributed by atoms with E-state index in [-0.39, 0.29) is 5.41 Å². The van der Waals surface area contributed by atoms with Gasteiger partial charge in [0.2, 0.25) is 0 Å². The van der Waals surface area contributed by atoms with Gasteiger partial charge < -0.3 is 8.98 Å². The Morgan fingerprint density at radius 3 is 1.75 bits per heavy atom. The first kappa shape index (κ1) is 29.9. The first-order valence-corrected chi connectivity index (χ1v) is 18.2. The van der Waals surface area contributed by atoms with Gasteiger partial charge in [0, 0.05) is 49.3 Å². The summed E-state index contributed by atoms with van der Waals surface area (Å²) in [4.78, 5) is 10.2. The van der Waals surface area contributed by atoms with Crippen molar-refractivity contribution in [3.63, 3.8) is 0 Å². The SMILES string of the molecule is CC1(C)c2c(ccc3oc4ccccc4c23)-c2ccc3c(c21)c1ccccc1n3-c1ccc(-c2nc(-c3ccccc3)cc(-c3ccccc3)n2)cc1.